The fourth-order valence-corrected chi connectivity index (χ4v) is 4.19. The van der Waals surface area contributed by atoms with E-state index in [1.54, 1.807) is 17.7 Å². The zero-order valence-corrected chi connectivity index (χ0v) is 17.6. The predicted molar refractivity (Wildman–Crippen MR) is 116 cm³/mol. The van der Waals surface area contributed by atoms with E-state index in [0.717, 1.165) is 18.7 Å². The normalized spacial score (nSPS) is 15.2. The number of rotatable bonds is 4. The summed E-state index contributed by atoms with van der Waals surface area (Å²) in [4.78, 5) is 17.3. The van der Waals surface area contributed by atoms with Crippen LogP contribution in [-0.4, -0.2) is 51.7 Å². The molecule has 7 heteroatoms. The number of aromatic nitrogens is 2. The summed E-state index contributed by atoms with van der Waals surface area (Å²) in [7, 11) is 0. The molecular formula is C23H24ClFN4O. The molecule has 1 fully saturated rings. The van der Waals surface area contributed by atoms with E-state index in [9.17, 15) is 9.18 Å². The second kappa shape index (κ2) is 8.98. The second-order valence-electron chi connectivity index (χ2n) is 7.51. The van der Waals surface area contributed by atoms with Gasteiger partial charge in [0.15, 0.2) is 0 Å². The van der Waals surface area contributed by atoms with E-state index in [0.29, 0.717) is 48.2 Å². The molecule has 1 aliphatic rings. The molecule has 0 N–H and O–H groups in total. The quantitative estimate of drug-likeness (QED) is 0.623. The number of carbonyl (C=O) groups excluding carboxylic acids is 1. The van der Waals surface area contributed by atoms with Crippen molar-refractivity contribution in [2.24, 2.45) is 0 Å². The first-order chi connectivity index (χ1) is 14.5. The number of carbonyl (C=O) groups is 1. The van der Waals surface area contributed by atoms with Gasteiger partial charge in [0.25, 0.3) is 5.91 Å². The predicted octanol–water partition coefficient (Wildman–Crippen LogP) is 4.32. The highest BCUT2D eigenvalue weighted by atomic mass is 35.5. The van der Waals surface area contributed by atoms with Crippen molar-refractivity contribution in [2.75, 3.05) is 26.2 Å². The molecule has 0 spiro atoms. The number of aryl methyl sites for hydroxylation is 1. The fourth-order valence-electron chi connectivity index (χ4n) is 3.84. The Hall–Kier alpha value is -2.70. The zero-order valence-electron chi connectivity index (χ0n) is 16.9. The van der Waals surface area contributed by atoms with Crippen LogP contribution in [0.5, 0.6) is 0 Å². The Morgan fingerprint density at radius 3 is 2.53 bits per heavy atom. The van der Waals surface area contributed by atoms with Crippen LogP contribution in [-0.2, 0) is 6.54 Å². The summed E-state index contributed by atoms with van der Waals surface area (Å²) < 4.78 is 15.6. The smallest absolute Gasteiger partial charge is 0.258 e. The maximum Gasteiger partial charge on any atom is 0.258 e. The lowest BCUT2D eigenvalue weighted by molar-refractivity contribution is 0.0760. The van der Waals surface area contributed by atoms with Gasteiger partial charge < -0.3 is 4.90 Å². The lowest BCUT2D eigenvalue weighted by atomic mass is 10.2. The van der Waals surface area contributed by atoms with Gasteiger partial charge in [0.2, 0.25) is 0 Å². The van der Waals surface area contributed by atoms with Crippen LogP contribution in [0.4, 0.5) is 4.39 Å². The average Bonchev–Trinajstić information content (AvgIpc) is 2.91. The minimum absolute atomic E-state index is 0.104. The fraction of sp³-hybridized carbons (Fsp3) is 0.304. The van der Waals surface area contributed by atoms with Crippen molar-refractivity contribution in [3.05, 3.63) is 82.4 Å². The number of benzene rings is 2. The van der Waals surface area contributed by atoms with Crippen LogP contribution >= 0.6 is 11.6 Å². The molecule has 1 aromatic heterocycles. The molecule has 5 nitrogen and oxygen atoms in total. The molecule has 1 aliphatic heterocycles. The van der Waals surface area contributed by atoms with Crippen molar-refractivity contribution in [2.45, 2.75) is 19.9 Å². The Morgan fingerprint density at radius 1 is 1.03 bits per heavy atom. The van der Waals surface area contributed by atoms with Crippen LogP contribution in [0.25, 0.3) is 5.69 Å². The van der Waals surface area contributed by atoms with Crippen molar-refractivity contribution >= 4 is 17.5 Å². The summed E-state index contributed by atoms with van der Waals surface area (Å²) in [5.41, 5.74) is 2.56. The molecule has 0 atom stereocenters. The van der Waals surface area contributed by atoms with Crippen LogP contribution in [0.2, 0.25) is 5.15 Å². The zero-order chi connectivity index (χ0) is 21.1. The SMILES string of the molecule is Cc1nn(-c2ccccc2)c(Cl)c1C(=O)N1CCCN(Cc2ccccc2F)CC1. The van der Waals surface area contributed by atoms with Crippen LogP contribution in [0, 0.1) is 12.7 Å². The highest BCUT2D eigenvalue weighted by Crippen LogP contribution is 2.25. The summed E-state index contributed by atoms with van der Waals surface area (Å²) in [6.07, 6.45) is 0.823. The molecule has 1 saturated heterocycles. The van der Waals surface area contributed by atoms with Gasteiger partial charge in [-0.05, 0) is 31.5 Å². The highest BCUT2D eigenvalue weighted by Gasteiger charge is 2.27. The molecule has 0 aliphatic carbocycles. The molecule has 30 heavy (non-hydrogen) atoms. The van der Waals surface area contributed by atoms with Crippen molar-refractivity contribution in [3.63, 3.8) is 0 Å². The lowest BCUT2D eigenvalue weighted by Crippen LogP contribution is -2.35. The van der Waals surface area contributed by atoms with Crippen LogP contribution in [0.1, 0.15) is 28.0 Å². The first-order valence-corrected chi connectivity index (χ1v) is 10.5. The molecule has 0 radical (unpaired) electrons. The van der Waals surface area contributed by atoms with Crippen molar-refractivity contribution in [1.82, 2.24) is 19.6 Å². The van der Waals surface area contributed by atoms with Gasteiger partial charge in [-0.3, -0.25) is 9.69 Å². The minimum atomic E-state index is -0.189. The topological polar surface area (TPSA) is 41.4 Å². The Kier molecular flexibility index (Phi) is 6.16. The van der Waals surface area contributed by atoms with Crippen molar-refractivity contribution in [1.29, 1.82) is 0 Å². The second-order valence-corrected chi connectivity index (χ2v) is 7.87. The Balaban J connectivity index is 1.48. The molecular weight excluding hydrogens is 403 g/mol. The van der Waals surface area contributed by atoms with Crippen LogP contribution in [0.3, 0.4) is 0 Å². The molecule has 0 unspecified atom stereocenters. The standard InChI is InChI=1S/C23H24ClFN4O/c1-17-21(22(24)29(26-17)19-9-3-2-4-10-19)23(30)28-13-7-12-27(14-15-28)16-18-8-5-6-11-20(18)25/h2-6,8-11H,7,12-16H2,1H3. The third kappa shape index (κ3) is 4.25. The van der Waals surface area contributed by atoms with Gasteiger partial charge in [-0.15, -0.1) is 0 Å². The van der Waals surface area contributed by atoms with E-state index >= 15 is 0 Å². The summed E-state index contributed by atoms with van der Waals surface area (Å²) in [5, 5.41) is 4.82. The summed E-state index contributed by atoms with van der Waals surface area (Å²) >= 11 is 6.57. The Labute approximate surface area is 180 Å². The van der Waals surface area contributed by atoms with E-state index in [4.69, 9.17) is 11.6 Å². The molecule has 156 valence electrons. The number of hydrogen-bond donors (Lipinski definition) is 0. The van der Waals surface area contributed by atoms with E-state index in [-0.39, 0.29) is 11.7 Å². The highest BCUT2D eigenvalue weighted by molar-refractivity contribution is 6.33. The largest absolute Gasteiger partial charge is 0.337 e. The van der Waals surface area contributed by atoms with Gasteiger partial charge in [-0.25, -0.2) is 9.07 Å². The summed E-state index contributed by atoms with van der Waals surface area (Å²) in [6, 6.07) is 16.4. The van der Waals surface area contributed by atoms with Gasteiger partial charge in [0.1, 0.15) is 11.0 Å². The van der Waals surface area contributed by atoms with Gasteiger partial charge in [0.05, 0.1) is 16.9 Å². The number of amides is 1. The molecule has 0 saturated carbocycles. The van der Waals surface area contributed by atoms with E-state index in [2.05, 4.69) is 10.00 Å². The molecule has 2 aromatic carbocycles. The van der Waals surface area contributed by atoms with Gasteiger partial charge in [-0.1, -0.05) is 48.0 Å². The lowest BCUT2D eigenvalue weighted by Gasteiger charge is -2.22. The third-order valence-electron chi connectivity index (χ3n) is 5.45. The molecule has 2 heterocycles. The monoisotopic (exact) mass is 426 g/mol. The first kappa shape index (κ1) is 20.6. The number of para-hydroxylation sites is 1. The third-order valence-corrected chi connectivity index (χ3v) is 5.80. The summed E-state index contributed by atoms with van der Waals surface area (Å²) in [5.74, 6) is -0.294. The Morgan fingerprint density at radius 2 is 1.77 bits per heavy atom. The van der Waals surface area contributed by atoms with E-state index in [1.165, 1.54) is 6.07 Å². The maximum atomic E-state index is 14.0. The molecule has 3 aromatic rings. The van der Waals surface area contributed by atoms with E-state index in [1.807, 2.05) is 47.4 Å². The maximum absolute atomic E-state index is 14.0. The number of nitrogens with zero attached hydrogens (tertiary/aromatic N) is 4. The van der Waals surface area contributed by atoms with Gasteiger partial charge in [0, 0.05) is 38.3 Å². The van der Waals surface area contributed by atoms with Crippen molar-refractivity contribution < 1.29 is 9.18 Å². The molecule has 0 bridgehead atoms. The Bertz CT molecular complexity index is 1040. The molecule has 4 rings (SSSR count). The summed E-state index contributed by atoms with van der Waals surface area (Å²) in [6.45, 7) is 5.05. The number of hydrogen-bond acceptors (Lipinski definition) is 3. The minimum Gasteiger partial charge on any atom is -0.337 e. The molecule has 1 amide bonds. The average molecular weight is 427 g/mol. The van der Waals surface area contributed by atoms with Crippen LogP contribution < -0.4 is 0 Å². The first-order valence-electron chi connectivity index (χ1n) is 10.1. The van der Waals surface area contributed by atoms with Gasteiger partial charge >= 0.3 is 0 Å². The van der Waals surface area contributed by atoms with Crippen molar-refractivity contribution in [3.8, 4) is 5.69 Å². The number of halogens is 2. The van der Waals surface area contributed by atoms with E-state index < -0.39 is 0 Å². The van der Waals surface area contributed by atoms with Crippen LogP contribution in [0.15, 0.2) is 54.6 Å². The van der Waals surface area contributed by atoms with Gasteiger partial charge in [-0.2, -0.15) is 5.10 Å².